The third-order valence-corrected chi connectivity index (χ3v) is 5.72. The summed E-state index contributed by atoms with van der Waals surface area (Å²) in [6.07, 6.45) is 2.18. The molecule has 1 unspecified atom stereocenters. The van der Waals surface area contributed by atoms with Crippen molar-refractivity contribution in [3.8, 4) is 0 Å². The molecule has 0 spiro atoms. The number of hydrogen-bond acceptors (Lipinski definition) is 3. The van der Waals surface area contributed by atoms with Gasteiger partial charge in [0.25, 0.3) is 0 Å². The van der Waals surface area contributed by atoms with Crippen molar-refractivity contribution in [3.63, 3.8) is 0 Å². The Morgan fingerprint density at radius 2 is 2.06 bits per heavy atom. The largest absolute Gasteiger partial charge is 0.313 e. The molecule has 2 rings (SSSR count). The van der Waals surface area contributed by atoms with Gasteiger partial charge < -0.3 is 5.32 Å². The van der Waals surface area contributed by atoms with Crippen molar-refractivity contribution in [2.45, 2.75) is 23.8 Å². The van der Waals surface area contributed by atoms with Crippen LogP contribution in [0.2, 0.25) is 0 Å². The van der Waals surface area contributed by atoms with Crippen LogP contribution in [0.3, 0.4) is 0 Å². The standard InChI is InChI=1S/C12H17IN2O2S/c1-15(9-11-3-2-8-14-11)18(16,17)12-6-4-10(13)5-7-12/h4-7,11,14H,2-3,8-9H2,1H3. The second-order valence-corrected chi connectivity index (χ2v) is 7.82. The van der Waals surface area contributed by atoms with E-state index >= 15 is 0 Å². The van der Waals surface area contributed by atoms with Crippen LogP contribution >= 0.6 is 22.6 Å². The second-order valence-electron chi connectivity index (χ2n) is 4.53. The summed E-state index contributed by atoms with van der Waals surface area (Å²) in [5.41, 5.74) is 0. The van der Waals surface area contributed by atoms with E-state index in [0.29, 0.717) is 11.4 Å². The number of benzene rings is 1. The summed E-state index contributed by atoms with van der Waals surface area (Å²) in [4.78, 5) is 0.364. The first-order chi connectivity index (χ1) is 8.50. The van der Waals surface area contributed by atoms with Crippen molar-refractivity contribution in [3.05, 3.63) is 27.8 Å². The molecule has 0 aromatic heterocycles. The van der Waals surface area contributed by atoms with Crippen LogP contribution in [0, 0.1) is 3.57 Å². The Bertz CT molecular complexity index is 495. The van der Waals surface area contributed by atoms with Crippen LogP contribution in [0.4, 0.5) is 0 Å². The zero-order valence-electron chi connectivity index (χ0n) is 10.3. The average Bonchev–Trinajstić information content (AvgIpc) is 2.82. The van der Waals surface area contributed by atoms with Crippen LogP contribution in [0.5, 0.6) is 0 Å². The molecule has 1 aliphatic rings. The summed E-state index contributed by atoms with van der Waals surface area (Å²) in [7, 11) is -1.71. The fourth-order valence-electron chi connectivity index (χ4n) is 2.11. The average molecular weight is 380 g/mol. The maximum atomic E-state index is 12.3. The van der Waals surface area contributed by atoms with Crippen LogP contribution in [-0.4, -0.2) is 38.9 Å². The van der Waals surface area contributed by atoms with Crippen LogP contribution < -0.4 is 5.32 Å². The quantitative estimate of drug-likeness (QED) is 0.809. The topological polar surface area (TPSA) is 49.4 Å². The zero-order valence-corrected chi connectivity index (χ0v) is 13.2. The minimum atomic E-state index is -3.35. The Balaban J connectivity index is 2.11. The zero-order chi connectivity index (χ0) is 13.2. The third kappa shape index (κ3) is 3.23. The van der Waals surface area contributed by atoms with Gasteiger partial charge in [0.15, 0.2) is 0 Å². The molecule has 4 nitrogen and oxygen atoms in total. The SMILES string of the molecule is CN(CC1CCCN1)S(=O)(=O)c1ccc(I)cc1. The molecule has 0 bridgehead atoms. The van der Waals surface area contributed by atoms with Crippen LogP contribution in [0.25, 0.3) is 0 Å². The lowest BCUT2D eigenvalue weighted by atomic mass is 10.2. The molecule has 0 radical (unpaired) electrons. The monoisotopic (exact) mass is 380 g/mol. The highest BCUT2D eigenvalue weighted by molar-refractivity contribution is 14.1. The second kappa shape index (κ2) is 5.85. The Hall–Kier alpha value is -0.180. The Morgan fingerprint density at radius 3 is 2.61 bits per heavy atom. The molecule has 1 N–H and O–H groups in total. The van der Waals surface area contributed by atoms with Gasteiger partial charge in [-0.25, -0.2) is 8.42 Å². The van der Waals surface area contributed by atoms with E-state index in [4.69, 9.17) is 0 Å². The first-order valence-corrected chi connectivity index (χ1v) is 8.47. The molecule has 1 fully saturated rings. The summed E-state index contributed by atoms with van der Waals surface area (Å²) >= 11 is 2.16. The van der Waals surface area contributed by atoms with Crippen molar-refractivity contribution in [2.75, 3.05) is 20.1 Å². The van der Waals surface area contributed by atoms with Gasteiger partial charge in [-0.15, -0.1) is 0 Å². The van der Waals surface area contributed by atoms with E-state index in [1.807, 2.05) is 12.1 Å². The summed E-state index contributed by atoms with van der Waals surface area (Å²) in [5.74, 6) is 0. The van der Waals surface area contributed by atoms with Gasteiger partial charge in [-0.3, -0.25) is 0 Å². The van der Waals surface area contributed by atoms with Crippen molar-refractivity contribution < 1.29 is 8.42 Å². The molecule has 0 aliphatic carbocycles. The summed E-state index contributed by atoms with van der Waals surface area (Å²) in [5, 5.41) is 3.31. The van der Waals surface area contributed by atoms with E-state index < -0.39 is 10.0 Å². The predicted molar refractivity (Wildman–Crippen MR) is 80.0 cm³/mol. The molecule has 1 heterocycles. The third-order valence-electron chi connectivity index (χ3n) is 3.16. The molecule has 1 atom stereocenters. The summed E-state index contributed by atoms with van der Waals surface area (Å²) in [6, 6.07) is 7.24. The lowest BCUT2D eigenvalue weighted by Crippen LogP contribution is -2.38. The first kappa shape index (κ1) is 14.2. The van der Waals surface area contributed by atoms with Gasteiger partial charge in [0.1, 0.15) is 0 Å². The molecule has 0 saturated carbocycles. The smallest absolute Gasteiger partial charge is 0.242 e. The van der Waals surface area contributed by atoms with Gasteiger partial charge in [0.2, 0.25) is 10.0 Å². The predicted octanol–water partition coefficient (Wildman–Crippen LogP) is 1.66. The molecule has 100 valence electrons. The Morgan fingerprint density at radius 1 is 1.39 bits per heavy atom. The van der Waals surface area contributed by atoms with Crippen molar-refractivity contribution in [2.24, 2.45) is 0 Å². The molecule has 0 amide bonds. The summed E-state index contributed by atoms with van der Waals surface area (Å²) in [6.45, 7) is 1.52. The minimum absolute atomic E-state index is 0.286. The van der Waals surface area contributed by atoms with Gasteiger partial charge >= 0.3 is 0 Å². The lowest BCUT2D eigenvalue weighted by Gasteiger charge is -2.21. The molecular formula is C12H17IN2O2S. The minimum Gasteiger partial charge on any atom is -0.313 e. The molecule has 1 aromatic rings. The van der Waals surface area contributed by atoms with Crippen molar-refractivity contribution >= 4 is 32.6 Å². The normalized spacial score (nSPS) is 20.5. The van der Waals surface area contributed by atoms with E-state index in [-0.39, 0.29) is 6.04 Å². The van der Waals surface area contributed by atoms with Gasteiger partial charge in [-0.2, -0.15) is 4.31 Å². The number of sulfonamides is 1. The summed E-state index contributed by atoms with van der Waals surface area (Å²) < 4.78 is 27.1. The molecule has 6 heteroatoms. The van der Waals surface area contributed by atoms with Gasteiger partial charge in [-0.05, 0) is 66.2 Å². The van der Waals surface area contributed by atoms with Crippen molar-refractivity contribution in [1.82, 2.24) is 9.62 Å². The van der Waals surface area contributed by atoms with E-state index in [9.17, 15) is 8.42 Å². The van der Waals surface area contributed by atoms with Crippen LogP contribution in [-0.2, 0) is 10.0 Å². The molecule has 18 heavy (non-hydrogen) atoms. The maximum Gasteiger partial charge on any atom is 0.242 e. The molecule has 1 aliphatic heterocycles. The Labute approximate surface area is 122 Å². The van der Waals surface area contributed by atoms with E-state index in [2.05, 4.69) is 27.9 Å². The first-order valence-electron chi connectivity index (χ1n) is 5.95. The number of likely N-dealkylation sites (N-methyl/N-ethyl adjacent to an activating group) is 1. The van der Waals surface area contributed by atoms with E-state index in [1.165, 1.54) is 4.31 Å². The van der Waals surface area contributed by atoms with Gasteiger partial charge in [0, 0.05) is 23.2 Å². The van der Waals surface area contributed by atoms with E-state index in [1.54, 1.807) is 19.2 Å². The number of nitrogens with zero attached hydrogens (tertiary/aromatic N) is 1. The van der Waals surface area contributed by atoms with Gasteiger partial charge in [0.05, 0.1) is 4.90 Å². The maximum absolute atomic E-state index is 12.3. The number of nitrogens with one attached hydrogen (secondary N) is 1. The number of halogens is 1. The molecular weight excluding hydrogens is 363 g/mol. The fourth-order valence-corrected chi connectivity index (χ4v) is 3.68. The molecule has 1 saturated heterocycles. The number of rotatable bonds is 4. The van der Waals surface area contributed by atoms with Crippen LogP contribution in [0.1, 0.15) is 12.8 Å². The highest BCUT2D eigenvalue weighted by Crippen LogP contribution is 2.17. The Kier molecular flexibility index (Phi) is 4.63. The van der Waals surface area contributed by atoms with Crippen LogP contribution in [0.15, 0.2) is 29.2 Å². The fraction of sp³-hybridized carbons (Fsp3) is 0.500. The van der Waals surface area contributed by atoms with Crippen molar-refractivity contribution in [1.29, 1.82) is 0 Å². The van der Waals surface area contributed by atoms with Gasteiger partial charge in [-0.1, -0.05) is 0 Å². The molecule has 1 aromatic carbocycles. The number of hydrogen-bond donors (Lipinski definition) is 1. The van der Waals surface area contributed by atoms with E-state index in [0.717, 1.165) is 23.0 Å². The lowest BCUT2D eigenvalue weighted by molar-refractivity contribution is 0.417. The highest BCUT2D eigenvalue weighted by Gasteiger charge is 2.24. The highest BCUT2D eigenvalue weighted by atomic mass is 127.